The normalized spacial score (nSPS) is 12.7. The van der Waals surface area contributed by atoms with E-state index in [1.807, 2.05) is 6.07 Å². The molecule has 3 rings (SSSR count). The first kappa shape index (κ1) is 17.3. The largest absolute Gasteiger partial charge is 0.467 e. The van der Waals surface area contributed by atoms with Gasteiger partial charge in [0.2, 0.25) is 5.91 Å². The molecule has 2 N–H and O–H groups in total. The van der Waals surface area contributed by atoms with E-state index in [9.17, 15) is 9.90 Å². The van der Waals surface area contributed by atoms with Gasteiger partial charge in [0.1, 0.15) is 17.4 Å². The molecular weight excluding hydrogens is 318 g/mol. The average Bonchev–Trinajstić information content (AvgIpc) is 3.22. The van der Waals surface area contributed by atoms with Crippen molar-refractivity contribution in [3.63, 3.8) is 0 Å². The van der Waals surface area contributed by atoms with Gasteiger partial charge in [0, 0.05) is 10.9 Å². The molecule has 0 saturated carbocycles. The van der Waals surface area contributed by atoms with Crippen LogP contribution in [0.4, 0.5) is 0 Å². The zero-order valence-corrected chi connectivity index (χ0v) is 14.7. The summed E-state index contributed by atoms with van der Waals surface area (Å²) in [6.45, 7) is 6.48. The van der Waals surface area contributed by atoms with Gasteiger partial charge >= 0.3 is 0 Å². The molecule has 0 aliphatic heterocycles. The number of hydrogen-bond donors (Lipinski definition) is 2. The first-order valence-electron chi connectivity index (χ1n) is 8.44. The maximum atomic E-state index is 12.2. The molecule has 3 aromatic rings. The number of fused-ring (bicyclic) bond motifs is 1. The van der Waals surface area contributed by atoms with E-state index in [0.29, 0.717) is 11.7 Å². The molecule has 2 aromatic heterocycles. The number of benzene rings is 1. The molecule has 1 aromatic carbocycles. The summed E-state index contributed by atoms with van der Waals surface area (Å²) in [5.41, 5.74) is 4.08. The van der Waals surface area contributed by atoms with Crippen LogP contribution in [0.1, 0.15) is 48.3 Å². The summed E-state index contributed by atoms with van der Waals surface area (Å²) in [5, 5.41) is 13.7. The molecule has 0 spiro atoms. The van der Waals surface area contributed by atoms with Crippen molar-refractivity contribution in [3.05, 3.63) is 59.2 Å². The number of carbonyl (C=O) groups excluding carboxylic acids is 1. The highest BCUT2D eigenvalue weighted by Crippen LogP contribution is 2.29. The molecule has 132 valence electrons. The summed E-state index contributed by atoms with van der Waals surface area (Å²) >= 11 is 0. The zero-order chi connectivity index (χ0) is 18.0. The number of amides is 1. The fourth-order valence-electron chi connectivity index (χ4n) is 3.03. The lowest BCUT2D eigenvalue weighted by molar-refractivity contribution is -0.120. The SMILES string of the molecule is Cc1cc2occ(CC(=O)NCC(O)c3ccco3)c2cc1C(C)C. The lowest BCUT2D eigenvalue weighted by Crippen LogP contribution is -2.29. The summed E-state index contributed by atoms with van der Waals surface area (Å²) in [6.07, 6.45) is 2.48. The summed E-state index contributed by atoms with van der Waals surface area (Å²) in [7, 11) is 0. The highest BCUT2D eigenvalue weighted by Gasteiger charge is 2.16. The molecule has 0 fully saturated rings. The Kier molecular flexibility index (Phi) is 4.95. The minimum absolute atomic E-state index is 0.110. The van der Waals surface area contributed by atoms with E-state index in [1.165, 1.54) is 17.4 Å². The molecule has 0 aliphatic rings. The van der Waals surface area contributed by atoms with Crippen LogP contribution in [0.3, 0.4) is 0 Å². The molecule has 0 aliphatic carbocycles. The van der Waals surface area contributed by atoms with Crippen molar-refractivity contribution in [1.29, 1.82) is 0 Å². The molecule has 25 heavy (non-hydrogen) atoms. The van der Waals surface area contributed by atoms with Crippen molar-refractivity contribution in [3.8, 4) is 0 Å². The third-order valence-electron chi connectivity index (χ3n) is 4.38. The molecule has 0 saturated heterocycles. The summed E-state index contributed by atoms with van der Waals surface area (Å²) in [4.78, 5) is 12.2. The third-order valence-corrected chi connectivity index (χ3v) is 4.38. The zero-order valence-electron chi connectivity index (χ0n) is 14.7. The van der Waals surface area contributed by atoms with Gasteiger partial charge in [0.05, 0.1) is 25.5 Å². The number of carbonyl (C=O) groups is 1. The van der Waals surface area contributed by atoms with Crippen LogP contribution < -0.4 is 5.32 Å². The van der Waals surface area contributed by atoms with Crippen LogP contribution in [-0.2, 0) is 11.2 Å². The van der Waals surface area contributed by atoms with Gasteiger partial charge in [-0.05, 0) is 48.2 Å². The number of nitrogens with one attached hydrogen (secondary N) is 1. The Morgan fingerprint density at radius 2 is 2.08 bits per heavy atom. The fourth-order valence-corrected chi connectivity index (χ4v) is 3.03. The van der Waals surface area contributed by atoms with E-state index in [4.69, 9.17) is 8.83 Å². The number of hydrogen-bond acceptors (Lipinski definition) is 4. The Labute approximate surface area is 146 Å². The monoisotopic (exact) mass is 341 g/mol. The summed E-state index contributed by atoms with van der Waals surface area (Å²) in [6, 6.07) is 7.51. The van der Waals surface area contributed by atoms with Crippen molar-refractivity contribution in [2.45, 2.75) is 39.2 Å². The van der Waals surface area contributed by atoms with E-state index < -0.39 is 6.10 Å². The fraction of sp³-hybridized carbons (Fsp3) is 0.350. The second kappa shape index (κ2) is 7.15. The van der Waals surface area contributed by atoms with Crippen LogP contribution in [0.5, 0.6) is 0 Å². The predicted octanol–water partition coefficient (Wildman–Crippen LogP) is 3.85. The van der Waals surface area contributed by atoms with Crippen molar-refractivity contribution >= 4 is 16.9 Å². The Balaban J connectivity index is 1.70. The first-order valence-corrected chi connectivity index (χ1v) is 8.44. The highest BCUT2D eigenvalue weighted by atomic mass is 16.4. The average molecular weight is 341 g/mol. The van der Waals surface area contributed by atoms with Gasteiger partial charge in [-0.3, -0.25) is 4.79 Å². The quantitative estimate of drug-likeness (QED) is 0.714. The van der Waals surface area contributed by atoms with E-state index >= 15 is 0 Å². The Bertz CT molecular complexity index is 861. The molecule has 1 amide bonds. The predicted molar refractivity (Wildman–Crippen MR) is 95.4 cm³/mol. The molecule has 5 heteroatoms. The van der Waals surface area contributed by atoms with Crippen molar-refractivity contribution in [2.75, 3.05) is 6.54 Å². The number of rotatable bonds is 6. The van der Waals surface area contributed by atoms with E-state index in [1.54, 1.807) is 18.4 Å². The molecule has 5 nitrogen and oxygen atoms in total. The van der Waals surface area contributed by atoms with Gasteiger partial charge in [0.15, 0.2) is 0 Å². The Hall–Kier alpha value is -2.53. The topological polar surface area (TPSA) is 75.6 Å². The minimum Gasteiger partial charge on any atom is -0.467 e. The van der Waals surface area contributed by atoms with Gasteiger partial charge in [-0.25, -0.2) is 0 Å². The van der Waals surface area contributed by atoms with Gasteiger partial charge in [-0.15, -0.1) is 0 Å². The van der Waals surface area contributed by atoms with Crippen LogP contribution in [-0.4, -0.2) is 17.6 Å². The number of furan rings is 2. The molecule has 2 heterocycles. The number of aliphatic hydroxyl groups is 1. The highest BCUT2D eigenvalue weighted by molar-refractivity contribution is 5.88. The van der Waals surface area contributed by atoms with E-state index in [-0.39, 0.29) is 18.9 Å². The molecule has 0 radical (unpaired) electrons. The number of aliphatic hydroxyl groups excluding tert-OH is 1. The molecule has 1 atom stereocenters. The lowest BCUT2D eigenvalue weighted by Gasteiger charge is -2.11. The molecule has 1 unspecified atom stereocenters. The minimum atomic E-state index is -0.852. The van der Waals surface area contributed by atoms with Gasteiger partial charge in [0.25, 0.3) is 0 Å². The summed E-state index contributed by atoms with van der Waals surface area (Å²) in [5.74, 6) is 0.676. The molecular formula is C20H23NO4. The standard InChI is InChI=1S/C20H23NO4/c1-12(2)15-9-16-14(11-25-19(16)7-13(15)3)8-20(23)21-10-17(22)18-5-4-6-24-18/h4-7,9,11-12,17,22H,8,10H2,1-3H3,(H,21,23). The van der Waals surface area contributed by atoms with Crippen LogP contribution in [0.2, 0.25) is 0 Å². The summed E-state index contributed by atoms with van der Waals surface area (Å²) < 4.78 is 10.7. The van der Waals surface area contributed by atoms with Crippen LogP contribution >= 0.6 is 0 Å². The Morgan fingerprint density at radius 1 is 1.28 bits per heavy atom. The van der Waals surface area contributed by atoms with Crippen LogP contribution in [0.15, 0.2) is 45.6 Å². The maximum absolute atomic E-state index is 12.2. The van der Waals surface area contributed by atoms with Crippen molar-refractivity contribution < 1.29 is 18.7 Å². The van der Waals surface area contributed by atoms with Crippen LogP contribution in [0, 0.1) is 6.92 Å². The maximum Gasteiger partial charge on any atom is 0.224 e. The third kappa shape index (κ3) is 3.77. The van der Waals surface area contributed by atoms with E-state index in [0.717, 1.165) is 16.5 Å². The molecule has 0 bridgehead atoms. The second-order valence-electron chi connectivity index (χ2n) is 6.63. The second-order valence-corrected chi connectivity index (χ2v) is 6.63. The number of aryl methyl sites for hydroxylation is 1. The van der Waals surface area contributed by atoms with Gasteiger partial charge in [-0.1, -0.05) is 13.8 Å². The van der Waals surface area contributed by atoms with Crippen LogP contribution in [0.25, 0.3) is 11.0 Å². The van der Waals surface area contributed by atoms with Gasteiger partial charge in [-0.2, -0.15) is 0 Å². The lowest BCUT2D eigenvalue weighted by atomic mass is 9.95. The van der Waals surface area contributed by atoms with Crippen molar-refractivity contribution in [1.82, 2.24) is 5.32 Å². The van der Waals surface area contributed by atoms with Crippen molar-refractivity contribution in [2.24, 2.45) is 0 Å². The first-order chi connectivity index (χ1) is 12.0. The Morgan fingerprint density at radius 3 is 2.76 bits per heavy atom. The van der Waals surface area contributed by atoms with Gasteiger partial charge < -0.3 is 19.3 Å². The van der Waals surface area contributed by atoms with E-state index in [2.05, 4.69) is 32.2 Å². The smallest absolute Gasteiger partial charge is 0.224 e.